The van der Waals surface area contributed by atoms with Gasteiger partial charge in [0.1, 0.15) is 73.2 Å². The van der Waals surface area contributed by atoms with E-state index in [-0.39, 0.29) is 18.9 Å². The molecule has 0 aromatic rings. The van der Waals surface area contributed by atoms with Crippen molar-refractivity contribution >= 4 is 5.91 Å². The van der Waals surface area contributed by atoms with E-state index >= 15 is 0 Å². The molecule has 19 nitrogen and oxygen atoms in total. The van der Waals surface area contributed by atoms with Crippen molar-refractivity contribution in [3.05, 3.63) is 48.6 Å². The maximum atomic E-state index is 13.5. The van der Waals surface area contributed by atoms with Crippen LogP contribution in [-0.2, 0) is 33.2 Å². The van der Waals surface area contributed by atoms with Crippen molar-refractivity contribution in [2.45, 2.75) is 491 Å². The van der Waals surface area contributed by atoms with Crippen LogP contribution in [0, 0.1) is 0 Å². The molecule has 0 saturated carbocycles. The average molecular weight is 1550 g/mol. The number of rotatable bonds is 74. The maximum Gasteiger partial charge on any atom is 0.220 e. The third-order valence-electron chi connectivity index (χ3n) is 22.6. The largest absolute Gasteiger partial charge is 0.394 e. The number of allylic oxidation sites excluding steroid dienone is 7. The van der Waals surface area contributed by atoms with Gasteiger partial charge in [-0.1, -0.05) is 364 Å². The van der Waals surface area contributed by atoms with E-state index in [0.717, 1.165) is 44.9 Å². The molecule has 0 radical (unpaired) electrons. The van der Waals surface area contributed by atoms with Crippen LogP contribution >= 0.6 is 0 Å². The molecule has 17 atom stereocenters. The Morgan fingerprint density at radius 2 is 0.615 bits per heavy atom. The molecule has 3 heterocycles. The summed E-state index contributed by atoms with van der Waals surface area (Å²) in [5.41, 5.74) is 0. The zero-order chi connectivity index (χ0) is 78.8. The highest BCUT2D eigenvalue weighted by Crippen LogP contribution is 2.34. The van der Waals surface area contributed by atoms with Gasteiger partial charge in [0, 0.05) is 6.42 Å². The minimum absolute atomic E-state index is 0.239. The number of hydrogen-bond acceptors (Lipinski definition) is 18. The standard InChI is InChI=1S/C90H167NO18/c1-3-5-7-9-11-13-15-17-19-21-23-25-27-29-31-32-33-34-35-36-37-38-39-40-42-44-46-48-50-52-54-56-58-60-62-64-66-68-78(96)91-73(74(95)67-65-63-61-59-57-55-53-51-49-47-45-43-41-30-28-26-24-22-20-18-16-14-12-10-8-6-4-2)72-104-88-84(102)81(99)86(76(70-93)106-88)109-90-85(103)82(100)87(77(71-94)107-90)108-89-83(101)80(98)79(97)75(69-92)105-89/h15,17,21,23,57,59,65,67,73-77,79-90,92-95,97-103H,3-14,16,18-20,22,24-56,58,60-64,66,68-72H2,1-2H3,(H,91,96)/b17-15-,23-21-,59-57+,67-65+. The normalized spacial score (nSPS) is 25.5. The Morgan fingerprint density at radius 3 is 0.972 bits per heavy atom. The van der Waals surface area contributed by atoms with Crippen LogP contribution in [-0.4, -0.2) is 193 Å². The number of hydrogen-bond donors (Lipinski definition) is 12. The van der Waals surface area contributed by atoms with Gasteiger partial charge in [-0.25, -0.2) is 0 Å². The van der Waals surface area contributed by atoms with Crippen molar-refractivity contribution in [1.29, 1.82) is 0 Å². The van der Waals surface area contributed by atoms with Crippen LogP contribution < -0.4 is 5.32 Å². The van der Waals surface area contributed by atoms with Crippen molar-refractivity contribution in [3.63, 3.8) is 0 Å². The van der Waals surface area contributed by atoms with Gasteiger partial charge in [0.25, 0.3) is 0 Å². The molecular formula is C90H167NO18. The molecule has 12 N–H and O–H groups in total. The van der Waals surface area contributed by atoms with Gasteiger partial charge in [0.15, 0.2) is 18.9 Å². The molecule has 0 aromatic carbocycles. The summed E-state index contributed by atoms with van der Waals surface area (Å²) in [6.45, 7) is 1.77. The van der Waals surface area contributed by atoms with Crippen molar-refractivity contribution in [1.82, 2.24) is 5.32 Å². The summed E-state index contributed by atoms with van der Waals surface area (Å²) in [6.07, 6.45) is 64.2. The Hall–Kier alpha value is -2.25. The summed E-state index contributed by atoms with van der Waals surface area (Å²) in [4.78, 5) is 13.5. The van der Waals surface area contributed by atoms with Gasteiger partial charge in [-0.05, 0) is 64.2 Å². The number of aliphatic hydroxyl groups excluding tert-OH is 11. The molecule has 0 bridgehead atoms. The highest BCUT2D eigenvalue weighted by Gasteiger charge is 2.54. The van der Waals surface area contributed by atoms with Crippen LogP contribution in [0.25, 0.3) is 0 Å². The van der Waals surface area contributed by atoms with E-state index in [4.69, 9.17) is 28.4 Å². The molecule has 3 aliphatic heterocycles. The van der Waals surface area contributed by atoms with Crippen LogP contribution in [0.5, 0.6) is 0 Å². The number of amides is 1. The first kappa shape index (κ1) is 101. The SMILES string of the molecule is CCCCCCC/C=C\C/C=C\CCCCCCCCCCCCCCCCCCCCCCCCCCCC(=O)NC(COC1OC(CO)C(OC2OC(CO)C(OC3OC(CO)C(O)C(O)C3O)C(O)C2O)C(O)C1O)C(O)/C=C/CC/C=C/CCCCCCCCCCCCCCCCCCCCCCC. The smallest absolute Gasteiger partial charge is 0.220 e. The van der Waals surface area contributed by atoms with Gasteiger partial charge in [0.2, 0.25) is 5.91 Å². The lowest BCUT2D eigenvalue weighted by molar-refractivity contribution is -0.379. The third-order valence-corrected chi connectivity index (χ3v) is 22.6. The Labute approximate surface area is 663 Å². The second kappa shape index (κ2) is 70.0. The molecule has 0 aliphatic carbocycles. The lowest BCUT2D eigenvalue weighted by atomic mass is 9.96. The topological polar surface area (TPSA) is 307 Å². The number of carbonyl (C=O) groups is 1. The van der Waals surface area contributed by atoms with E-state index in [0.29, 0.717) is 12.8 Å². The molecule has 3 saturated heterocycles. The van der Waals surface area contributed by atoms with Crippen molar-refractivity contribution < 1.29 is 89.4 Å². The summed E-state index contributed by atoms with van der Waals surface area (Å²) in [7, 11) is 0. The first-order chi connectivity index (χ1) is 53.3. The Balaban J connectivity index is 1.32. The minimum atomic E-state index is -1.98. The van der Waals surface area contributed by atoms with Crippen LogP contribution in [0.1, 0.15) is 386 Å². The first-order valence-electron chi connectivity index (χ1n) is 45.4. The zero-order valence-electron chi connectivity index (χ0n) is 69.1. The van der Waals surface area contributed by atoms with Gasteiger partial charge in [-0.3, -0.25) is 4.79 Å². The summed E-state index contributed by atoms with van der Waals surface area (Å²) in [5, 5.41) is 121. The van der Waals surface area contributed by atoms with E-state index < -0.39 is 124 Å². The summed E-state index contributed by atoms with van der Waals surface area (Å²) < 4.78 is 34.5. The van der Waals surface area contributed by atoms with Gasteiger partial charge in [-0.15, -0.1) is 0 Å². The Kier molecular flexibility index (Phi) is 64.8. The number of ether oxygens (including phenoxy) is 6. The molecule has 0 spiro atoms. The second-order valence-corrected chi connectivity index (χ2v) is 32.4. The van der Waals surface area contributed by atoms with Gasteiger partial charge < -0.3 is 89.9 Å². The number of nitrogens with one attached hydrogen (secondary N) is 1. The lowest BCUT2D eigenvalue weighted by Crippen LogP contribution is -2.66. The molecule has 3 aliphatic rings. The monoisotopic (exact) mass is 1550 g/mol. The maximum absolute atomic E-state index is 13.5. The highest BCUT2D eigenvalue weighted by atomic mass is 16.8. The molecule has 17 unspecified atom stereocenters. The molecule has 19 heteroatoms. The van der Waals surface area contributed by atoms with Gasteiger partial charge in [-0.2, -0.15) is 0 Å². The molecular weight excluding hydrogens is 1380 g/mol. The molecule has 640 valence electrons. The van der Waals surface area contributed by atoms with E-state index in [1.165, 1.54) is 308 Å². The second-order valence-electron chi connectivity index (χ2n) is 32.4. The molecule has 109 heavy (non-hydrogen) atoms. The van der Waals surface area contributed by atoms with Crippen LogP contribution in [0.15, 0.2) is 48.6 Å². The summed E-state index contributed by atoms with van der Waals surface area (Å²) in [6, 6.07) is -0.991. The van der Waals surface area contributed by atoms with Crippen LogP contribution in [0.4, 0.5) is 0 Å². The predicted molar refractivity (Wildman–Crippen MR) is 439 cm³/mol. The zero-order valence-corrected chi connectivity index (χ0v) is 69.1. The van der Waals surface area contributed by atoms with E-state index in [1.807, 2.05) is 6.08 Å². The quantitative estimate of drug-likeness (QED) is 0.0199. The molecule has 0 aromatic heterocycles. The summed E-state index contributed by atoms with van der Waals surface area (Å²) in [5.74, 6) is -0.277. The highest BCUT2D eigenvalue weighted by molar-refractivity contribution is 5.76. The van der Waals surface area contributed by atoms with Crippen molar-refractivity contribution in [2.75, 3.05) is 26.4 Å². The van der Waals surface area contributed by atoms with Crippen LogP contribution in [0.3, 0.4) is 0 Å². The Morgan fingerprint density at radius 1 is 0.330 bits per heavy atom. The predicted octanol–water partition coefficient (Wildman–Crippen LogP) is 17.2. The number of aliphatic hydroxyl groups is 11. The van der Waals surface area contributed by atoms with E-state index in [2.05, 4.69) is 55.6 Å². The van der Waals surface area contributed by atoms with Crippen molar-refractivity contribution in [2.24, 2.45) is 0 Å². The number of carbonyl (C=O) groups excluding carboxylic acids is 1. The fourth-order valence-corrected chi connectivity index (χ4v) is 15.4. The fourth-order valence-electron chi connectivity index (χ4n) is 15.4. The lowest BCUT2D eigenvalue weighted by Gasteiger charge is -2.48. The summed E-state index contributed by atoms with van der Waals surface area (Å²) >= 11 is 0. The van der Waals surface area contributed by atoms with Crippen LogP contribution in [0.2, 0.25) is 0 Å². The molecule has 3 fully saturated rings. The van der Waals surface area contributed by atoms with E-state index in [9.17, 15) is 61.0 Å². The minimum Gasteiger partial charge on any atom is -0.394 e. The first-order valence-corrected chi connectivity index (χ1v) is 45.4. The van der Waals surface area contributed by atoms with Crippen molar-refractivity contribution in [3.8, 4) is 0 Å². The number of unbranched alkanes of at least 4 members (excludes halogenated alkanes) is 52. The van der Waals surface area contributed by atoms with Gasteiger partial charge in [0.05, 0.1) is 38.6 Å². The molecule has 1 amide bonds. The third kappa shape index (κ3) is 48.8. The average Bonchev–Trinajstić information content (AvgIpc) is 0.760. The Bertz CT molecular complexity index is 2150. The van der Waals surface area contributed by atoms with E-state index in [1.54, 1.807) is 6.08 Å². The van der Waals surface area contributed by atoms with Gasteiger partial charge >= 0.3 is 0 Å². The fraction of sp³-hybridized carbons (Fsp3) is 0.900. The molecule has 3 rings (SSSR count).